The van der Waals surface area contributed by atoms with Gasteiger partial charge in [-0.3, -0.25) is 14.6 Å². The number of hydrogen-bond acceptors (Lipinski definition) is 4. The molecule has 0 atom stereocenters. The zero-order chi connectivity index (χ0) is 19.9. The zero-order valence-electron chi connectivity index (χ0n) is 15.4. The first kappa shape index (κ1) is 18.9. The Labute approximate surface area is 167 Å². The molecule has 5 nitrogen and oxygen atoms in total. The zero-order valence-corrected chi connectivity index (χ0v) is 16.2. The molecule has 3 saturated carbocycles. The first-order chi connectivity index (χ1) is 13.3. The van der Waals surface area contributed by atoms with Crippen LogP contribution in [0.4, 0.5) is 4.39 Å². The van der Waals surface area contributed by atoms with Gasteiger partial charge in [0.05, 0.1) is 5.02 Å². The van der Waals surface area contributed by atoms with Gasteiger partial charge in [-0.15, -0.1) is 0 Å². The lowest BCUT2D eigenvalue weighted by atomic mass is 9.38. The van der Waals surface area contributed by atoms with Crippen molar-refractivity contribution in [2.75, 3.05) is 6.61 Å². The van der Waals surface area contributed by atoms with Gasteiger partial charge in [-0.1, -0.05) is 11.6 Å². The summed E-state index contributed by atoms with van der Waals surface area (Å²) >= 11 is 5.62. The van der Waals surface area contributed by atoms with Crippen LogP contribution in [0, 0.1) is 18.2 Å². The van der Waals surface area contributed by atoms with Crippen LogP contribution in [0.2, 0.25) is 5.02 Å². The van der Waals surface area contributed by atoms with Crippen LogP contribution in [-0.4, -0.2) is 28.8 Å². The van der Waals surface area contributed by atoms with E-state index in [0.29, 0.717) is 6.42 Å². The van der Waals surface area contributed by atoms with Crippen LogP contribution < -0.4 is 10.1 Å². The largest absolute Gasteiger partial charge is 0.484 e. The highest BCUT2D eigenvalue weighted by Crippen LogP contribution is 2.69. The maximum Gasteiger partial charge on any atom is 0.258 e. The molecule has 0 radical (unpaired) electrons. The Morgan fingerprint density at radius 1 is 1.29 bits per heavy atom. The van der Waals surface area contributed by atoms with E-state index in [1.54, 1.807) is 18.5 Å². The van der Waals surface area contributed by atoms with Crippen molar-refractivity contribution in [1.82, 2.24) is 10.3 Å². The van der Waals surface area contributed by atoms with E-state index in [2.05, 4.69) is 10.3 Å². The summed E-state index contributed by atoms with van der Waals surface area (Å²) in [6.45, 7) is 1.70. The van der Waals surface area contributed by atoms with E-state index in [4.69, 9.17) is 16.3 Å². The van der Waals surface area contributed by atoms with Crippen molar-refractivity contribution in [2.45, 2.75) is 38.1 Å². The molecule has 2 bridgehead atoms. The minimum absolute atomic E-state index is 0.000236. The number of amides is 1. The Morgan fingerprint density at radius 2 is 2.04 bits per heavy atom. The molecule has 0 aliphatic heterocycles. The third kappa shape index (κ3) is 3.49. The van der Waals surface area contributed by atoms with Crippen molar-refractivity contribution in [3.8, 4) is 5.75 Å². The minimum Gasteiger partial charge on any atom is -0.484 e. The van der Waals surface area contributed by atoms with E-state index in [1.165, 1.54) is 12.1 Å². The maximum absolute atomic E-state index is 13.4. The van der Waals surface area contributed by atoms with Gasteiger partial charge in [0.15, 0.2) is 12.4 Å². The number of aryl methyl sites for hydroxylation is 1. The normalized spacial score (nSPS) is 24.7. The Bertz CT molecular complexity index is 943. The molecular weight excluding hydrogens is 383 g/mol. The summed E-state index contributed by atoms with van der Waals surface area (Å²) in [5, 5.41) is 3.01. The summed E-state index contributed by atoms with van der Waals surface area (Å²) in [5.41, 5.74) is 1.39. The van der Waals surface area contributed by atoms with Gasteiger partial charge in [0.25, 0.3) is 5.91 Å². The van der Waals surface area contributed by atoms with Crippen molar-refractivity contribution in [1.29, 1.82) is 0 Å². The van der Waals surface area contributed by atoms with E-state index in [-0.39, 0.29) is 40.0 Å². The molecule has 3 fully saturated rings. The Balaban J connectivity index is 1.25. The first-order valence-corrected chi connectivity index (χ1v) is 9.50. The van der Waals surface area contributed by atoms with E-state index in [9.17, 15) is 14.0 Å². The van der Waals surface area contributed by atoms with Crippen molar-refractivity contribution in [2.24, 2.45) is 5.41 Å². The number of halogens is 2. The fourth-order valence-electron chi connectivity index (χ4n) is 4.59. The monoisotopic (exact) mass is 402 g/mol. The number of carbonyl (C=O) groups excluding carboxylic acids is 2. The summed E-state index contributed by atoms with van der Waals surface area (Å²) in [6, 6.07) is 5.81. The quantitative estimate of drug-likeness (QED) is 0.714. The number of nitrogens with one attached hydrogen (secondary N) is 1. The standard InChI is InChI=1S/C21H20ClFN2O3/c1-13-8-24-5-4-15(13)18(26)7-20-10-21(11-20,12-20)25-19(27)9-28-14-2-3-16(22)17(23)6-14/h2-6,8H,7,9-12H2,1H3,(H,25,27). The third-order valence-corrected chi connectivity index (χ3v) is 5.97. The maximum atomic E-state index is 13.4. The Hall–Kier alpha value is -2.47. The molecule has 0 spiro atoms. The molecule has 5 rings (SSSR count). The molecule has 28 heavy (non-hydrogen) atoms. The second kappa shape index (κ2) is 6.85. The van der Waals surface area contributed by atoms with Crippen molar-refractivity contribution >= 4 is 23.3 Å². The molecule has 1 amide bonds. The highest BCUT2D eigenvalue weighted by atomic mass is 35.5. The van der Waals surface area contributed by atoms with E-state index < -0.39 is 5.82 Å². The number of aromatic nitrogens is 1. The predicted molar refractivity (Wildman–Crippen MR) is 102 cm³/mol. The highest BCUT2D eigenvalue weighted by molar-refractivity contribution is 6.30. The summed E-state index contributed by atoms with van der Waals surface area (Å²) in [7, 11) is 0. The van der Waals surface area contributed by atoms with Gasteiger partial charge in [-0.05, 0) is 55.4 Å². The third-order valence-electron chi connectivity index (χ3n) is 5.66. The molecule has 1 N–H and O–H groups in total. The summed E-state index contributed by atoms with van der Waals surface area (Å²) in [4.78, 5) is 28.7. The Kier molecular flexibility index (Phi) is 4.62. The number of ketones is 1. The molecule has 3 aliphatic rings. The molecule has 1 aromatic heterocycles. The van der Waals surface area contributed by atoms with Crippen LogP contribution in [0.5, 0.6) is 5.75 Å². The fraction of sp³-hybridized carbons (Fsp3) is 0.381. The molecule has 146 valence electrons. The van der Waals surface area contributed by atoms with Gasteiger partial charge in [0.2, 0.25) is 0 Å². The van der Waals surface area contributed by atoms with E-state index in [0.717, 1.165) is 36.5 Å². The van der Waals surface area contributed by atoms with Gasteiger partial charge in [-0.2, -0.15) is 0 Å². The van der Waals surface area contributed by atoms with Gasteiger partial charge >= 0.3 is 0 Å². The van der Waals surface area contributed by atoms with Gasteiger partial charge in [0, 0.05) is 36.0 Å². The average Bonchev–Trinajstić information content (AvgIpc) is 2.60. The number of ether oxygens (including phenoxy) is 1. The number of nitrogens with zero attached hydrogens (tertiary/aromatic N) is 1. The Morgan fingerprint density at radius 3 is 2.71 bits per heavy atom. The number of benzene rings is 1. The topological polar surface area (TPSA) is 68.3 Å². The van der Waals surface area contributed by atoms with Crippen molar-refractivity contribution in [3.63, 3.8) is 0 Å². The van der Waals surface area contributed by atoms with Crippen LogP contribution in [0.1, 0.15) is 41.6 Å². The molecule has 1 heterocycles. The van der Waals surface area contributed by atoms with Crippen LogP contribution in [0.3, 0.4) is 0 Å². The lowest BCUT2D eigenvalue weighted by Crippen LogP contribution is -2.75. The van der Waals surface area contributed by atoms with Gasteiger partial charge in [0.1, 0.15) is 11.6 Å². The number of hydrogen-bond donors (Lipinski definition) is 1. The molecule has 1 aromatic carbocycles. The minimum atomic E-state index is -0.588. The van der Waals surface area contributed by atoms with Crippen molar-refractivity contribution < 1.29 is 18.7 Å². The molecule has 0 saturated heterocycles. The summed E-state index contributed by atoms with van der Waals surface area (Å²) in [5.74, 6) is -0.452. The number of carbonyl (C=O) groups is 2. The second-order valence-electron chi connectivity index (χ2n) is 8.01. The smallest absolute Gasteiger partial charge is 0.258 e. The van der Waals surface area contributed by atoms with Crippen molar-refractivity contribution in [3.05, 3.63) is 58.6 Å². The molecule has 0 unspecified atom stereocenters. The summed E-state index contributed by atoms with van der Waals surface area (Å²) in [6.07, 6.45) is 6.24. The number of Topliss-reactive ketones (excluding diaryl/α,β-unsaturated/α-hetero) is 1. The number of pyridine rings is 1. The second-order valence-corrected chi connectivity index (χ2v) is 8.42. The van der Waals surface area contributed by atoms with Crippen LogP contribution in [-0.2, 0) is 4.79 Å². The average molecular weight is 403 g/mol. The first-order valence-electron chi connectivity index (χ1n) is 9.13. The lowest BCUT2D eigenvalue weighted by molar-refractivity contribution is -0.164. The van der Waals surface area contributed by atoms with Crippen LogP contribution >= 0.6 is 11.6 Å². The van der Waals surface area contributed by atoms with E-state index >= 15 is 0 Å². The fourth-order valence-corrected chi connectivity index (χ4v) is 4.71. The van der Waals surface area contributed by atoms with Crippen LogP contribution in [0.25, 0.3) is 0 Å². The lowest BCUT2D eigenvalue weighted by Gasteiger charge is -2.70. The predicted octanol–water partition coefficient (Wildman–Crippen LogP) is 3.87. The molecule has 7 heteroatoms. The molecular formula is C21H20ClFN2O3. The molecule has 3 aliphatic carbocycles. The highest BCUT2D eigenvalue weighted by Gasteiger charge is 2.68. The number of rotatable bonds is 7. The van der Waals surface area contributed by atoms with Gasteiger partial charge < -0.3 is 10.1 Å². The SMILES string of the molecule is Cc1cnccc1C(=O)CC12CC(NC(=O)COc3ccc(Cl)c(F)c3)(C1)C2. The van der Waals surface area contributed by atoms with Gasteiger partial charge in [-0.25, -0.2) is 4.39 Å². The van der Waals surface area contributed by atoms with Crippen LogP contribution in [0.15, 0.2) is 36.7 Å². The summed E-state index contributed by atoms with van der Waals surface area (Å²) < 4.78 is 18.7. The van der Waals surface area contributed by atoms with E-state index in [1.807, 2.05) is 6.92 Å². The molecule has 2 aromatic rings.